The second-order valence-corrected chi connectivity index (χ2v) is 19.9. The number of fused-ring (bicyclic) bond motifs is 3. The van der Waals surface area contributed by atoms with Gasteiger partial charge in [-0.3, -0.25) is 29.1 Å². The van der Waals surface area contributed by atoms with Gasteiger partial charge in [0, 0.05) is 79.3 Å². The number of ether oxygens (including phenoxy) is 3. The number of aliphatic imine (C=N–C) groups is 1. The van der Waals surface area contributed by atoms with Gasteiger partial charge in [-0.2, -0.15) is 0 Å². The number of phenols is 1. The molecule has 2 aromatic rings. The molecule has 2 amide bonds. The number of aliphatic hydroxyl groups is 6. The molecule has 0 radical (unpaired) electrons. The molecule has 22 heteroatoms. The van der Waals surface area contributed by atoms with Crippen LogP contribution in [0.25, 0.3) is 0 Å². The zero-order valence-electron chi connectivity index (χ0n) is 41.2. The van der Waals surface area contributed by atoms with Gasteiger partial charge in [0.1, 0.15) is 41.7 Å². The normalized spacial score (nSPS) is 30.8. The Balaban J connectivity index is 1.15. The number of nitrogens with one attached hydrogen (secondary N) is 3. The van der Waals surface area contributed by atoms with Crippen LogP contribution in [0, 0.1) is 17.8 Å². The predicted octanol–water partition coefficient (Wildman–Crippen LogP) is -0.790. The third kappa shape index (κ3) is 8.61. The summed E-state index contributed by atoms with van der Waals surface area (Å²) < 4.78 is 17.9. The average molecular weight is 1030 g/mol. The lowest BCUT2D eigenvalue weighted by Crippen LogP contribution is -2.75. The second kappa shape index (κ2) is 20.2. The Morgan fingerprint density at radius 1 is 1.01 bits per heavy atom. The molecule has 3 aliphatic carbocycles. The standard InChI is InChI=1S/C52H64N8O14/c1-4-27-31(72-3)18-32(73-49-47(68)48(69)51(70,52(71,22-62)74-49)19-26(24-13-15-57-34(54)17-24)21-60-35(63)11-12-36(60)64)42-39(27)44(65)40-29-7-5-23(14-16-61)37(25-6-10-33(53)58-20-25)28-8-9-30(59-50(55)56-2)41(38(28)29)45(66)43(40)46(42)67/h6,10-13,17-18,20,23,26,28,30,33,37,47-49,57-58,61-62,66,68-71H,4-5,7-9,14-16,19,21-22,53-54H2,1-3H3,(H3,55,56,59)/t23-,26-,28+,30-,33?,37+,47-,48-,49-,51+,52-/m1/s1. The molecule has 0 bridgehead atoms. The summed E-state index contributed by atoms with van der Waals surface area (Å²) in [5, 5.41) is 91.7. The number of amides is 2. The molecule has 1 unspecified atom stereocenters. The van der Waals surface area contributed by atoms with Gasteiger partial charge in [0.2, 0.25) is 17.9 Å². The number of phenolic OH excluding ortho intramolecular Hbond substituents is 1. The van der Waals surface area contributed by atoms with Gasteiger partial charge in [-0.1, -0.05) is 19.1 Å². The number of allylic oxidation sites excluding steroid dienone is 3. The fourth-order valence-electron chi connectivity index (χ4n) is 12.4. The predicted molar refractivity (Wildman–Crippen MR) is 265 cm³/mol. The van der Waals surface area contributed by atoms with E-state index in [2.05, 4.69) is 20.9 Å². The number of nitrogens with two attached hydrogens (primary N) is 3. The third-order valence-corrected chi connectivity index (χ3v) is 15.9. The molecule has 0 aromatic heterocycles. The number of hydrogen-bond acceptors (Lipinski definition) is 19. The number of methoxy groups -OCH3 is 1. The Kier molecular flexibility index (Phi) is 14.3. The number of rotatable bonds is 14. The largest absolute Gasteiger partial charge is 0.507 e. The molecule has 0 spiro atoms. The zero-order chi connectivity index (χ0) is 53.1. The number of aliphatic hydroxyl groups excluding tert-OH is 4. The van der Waals surface area contributed by atoms with Crippen LogP contribution in [0.2, 0.25) is 0 Å². The Morgan fingerprint density at radius 3 is 2.38 bits per heavy atom. The van der Waals surface area contributed by atoms with Gasteiger partial charge in [-0.05, 0) is 97.1 Å². The van der Waals surface area contributed by atoms with Crippen LogP contribution >= 0.6 is 0 Å². The van der Waals surface area contributed by atoms with E-state index < -0.39 is 95.9 Å². The first-order chi connectivity index (χ1) is 35.3. The zero-order valence-corrected chi connectivity index (χ0v) is 41.2. The summed E-state index contributed by atoms with van der Waals surface area (Å²) >= 11 is 0. The monoisotopic (exact) mass is 1020 g/mol. The molecule has 0 saturated carbocycles. The number of carbonyl (C=O) groups is 4. The van der Waals surface area contributed by atoms with Crippen molar-refractivity contribution in [3.8, 4) is 17.2 Å². The third-order valence-electron chi connectivity index (χ3n) is 15.9. The Morgan fingerprint density at radius 2 is 1.74 bits per heavy atom. The van der Waals surface area contributed by atoms with Crippen LogP contribution in [-0.2, 0) is 27.2 Å². The molecule has 16 N–H and O–H groups in total. The number of ketones is 2. The number of guanidine groups is 1. The molecule has 7 aliphatic rings. The Bertz CT molecular complexity index is 2840. The van der Waals surface area contributed by atoms with Crippen molar-refractivity contribution in [2.45, 2.75) is 99.9 Å². The highest BCUT2D eigenvalue weighted by molar-refractivity contribution is 6.31. The summed E-state index contributed by atoms with van der Waals surface area (Å²) in [4.78, 5) is 61.8. The summed E-state index contributed by atoms with van der Waals surface area (Å²) in [7, 11) is 2.84. The first-order valence-corrected chi connectivity index (χ1v) is 24.8. The molecule has 1 fully saturated rings. The average Bonchev–Trinajstić information content (AvgIpc) is 3.61. The topological polar surface area (TPSA) is 367 Å². The second-order valence-electron chi connectivity index (χ2n) is 19.9. The lowest BCUT2D eigenvalue weighted by Gasteiger charge is -2.53. The summed E-state index contributed by atoms with van der Waals surface area (Å²) in [6, 6.07) is 0.588. The van der Waals surface area contributed by atoms with Crippen molar-refractivity contribution in [1.29, 1.82) is 0 Å². The Hall–Kier alpha value is -6.63. The van der Waals surface area contributed by atoms with Crippen molar-refractivity contribution in [3.05, 3.63) is 110 Å². The number of nitrogens with zero attached hydrogens (tertiary/aromatic N) is 2. The van der Waals surface area contributed by atoms with E-state index in [1.54, 1.807) is 13.0 Å². The first kappa shape index (κ1) is 52.2. The van der Waals surface area contributed by atoms with Crippen molar-refractivity contribution < 1.29 is 69.1 Å². The number of hydrogen-bond donors (Lipinski definition) is 13. The minimum atomic E-state index is -3.16. The molecule has 1 saturated heterocycles. The SMILES string of the molecule is CCc1c(OC)cc(O[C@@H]2O[C@](O)(CO)[C@](O)(C[C@H](CN3C(=O)C=CC3=O)C3=CCNC(N)=C3)[C@H](O)[C@H]2O)c2c1C(=O)c1c3c4c(c(O)c1C2=O)[C@H](NC(N)=NC)CC[C@H]4[C@H](C1=CNC(N)C=C1)[C@@H](CCO)CC3. The van der Waals surface area contributed by atoms with Crippen LogP contribution in [0.3, 0.4) is 0 Å². The van der Waals surface area contributed by atoms with Crippen LogP contribution in [-0.4, -0.2) is 146 Å². The molecule has 4 aliphatic heterocycles. The fourth-order valence-corrected chi connectivity index (χ4v) is 12.4. The minimum absolute atomic E-state index is 0.0145. The highest BCUT2D eigenvalue weighted by atomic mass is 16.8. The maximum atomic E-state index is 15.7. The molecule has 11 atom stereocenters. The fraction of sp³-hybridized carbons (Fsp3) is 0.481. The highest BCUT2D eigenvalue weighted by Crippen LogP contribution is 2.57. The minimum Gasteiger partial charge on any atom is -0.507 e. The number of aromatic hydroxyl groups is 1. The van der Waals surface area contributed by atoms with E-state index in [0.29, 0.717) is 53.5 Å². The van der Waals surface area contributed by atoms with E-state index in [1.807, 2.05) is 18.4 Å². The van der Waals surface area contributed by atoms with E-state index in [0.717, 1.165) is 22.6 Å². The van der Waals surface area contributed by atoms with Crippen molar-refractivity contribution in [2.75, 3.05) is 40.5 Å². The number of imide groups is 1. The molecule has 396 valence electrons. The molecular weight excluding hydrogens is 961 g/mol. The van der Waals surface area contributed by atoms with Crippen molar-refractivity contribution in [3.63, 3.8) is 0 Å². The maximum Gasteiger partial charge on any atom is 0.253 e. The van der Waals surface area contributed by atoms with Gasteiger partial charge in [0.15, 0.2) is 11.7 Å². The summed E-state index contributed by atoms with van der Waals surface area (Å²) in [5.41, 5.74) is 17.9. The van der Waals surface area contributed by atoms with Gasteiger partial charge in [-0.15, -0.1) is 0 Å². The van der Waals surface area contributed by atoms with E-state index in [-0.39, 0.29) is 90.1 Å². The molecule has 22 nitrogen and oxygen atoms in total. The van der Waals surface area contributed by atoms with E-state index in [4.69, 9.17) is 31.4 Å². The van der Waals surface area contributed by atoms with E-state index >= 15 is 9.59 Å². The molecule has 74 heavy (non-hydrogen) atoms. The highest BCUT2D eigenvalue weighted by Gasteiger charge is 2.65. The van der Waals surface area contributed by atoms with Gasteiger partial charge in [-0.25, -0.2) is 0 Å². The van der Waals surface area contributed by atoms with Crippen LogP contribution in [0.5, 0.6) is 17.2 Å². The lowest BCUT2D eigenvalue weighted by atomic mass is 9.65. The Labute approximate surface area is 425 Å². The van der Waals surface area contributed by atoms with E-state index in [9.17, 15) is 45.3 Å². The maximum absolute atomic E-state index is 15.7. The van der Waals surface area contributed by atoms with Gasteiger partial charge in [0.05, 0.1) is 36.3 Å². The quantitative estimate of drug-likeness (QED) is 0.0535. The van der Waals surface area contributed by atoms with Crippen molar-refractivity contribution in [2.24, 2.45) is 39.9 Å². The van der Waals surface area contributed by atoms with Crippen LogP contribution in [0.4, 0.5) is 0 Å². The van der Waals surface area contributed by atoms with Gasteiger partial charge in [0.25, 0.3) is 11.8 Å². The van der Waals surface area contributed by atoms with Crippen LogP contribution in [0.1, 0.15) is 105 Å². The number of dihydropyridines is 2. The summed E-state index contributed by atoms with van der Waals surface area (Å²) in [5.74, 6) is -8.29. The smallest absolute Gasteiger partial charge is 0.253 e. The summed E-state index contributed by atoms with van der Waals surface area (Å²) in [6.45, 7) is 0.0406. The van der Waals surface area contributed by atoms with Crippen LogP contribution in [0.15, 0.2) is 70.7 Å². The van der Waals surface area contributed by atoms with Gasteiger partial charge < -0.3 is 83.1 Å². The van der Waals surface area contributed by atoms with Crippen molar-refractivity contribution >= 4 is 29.3 Å². The molecule has 2 aromatic carbocycles. The number of benzene rings is 2. The van der Waals surface area contributed by atoms with Crippen molar-refractivity contribution in [1.82, 2.24) is 20.9 Å². The van der Waals surface area contributed by atoms with Gasteiger partial charge >= 0.3 is 0 Å². The molecule has 9 rings (SSSR count). The van der Waals surface area contributed by atoms with Crippen LogP contribution < -0.4 is 42.6 Å². The lowest BCUT2D eigenvalue weighted by molar-refractivity contribution is -0.420. The summed E-state index contributed by atoms with van der Waals surface area (Å²) in [6.07, 6.45) is 5.22. The first-order valence-electron chi connectivity index (χ1n) is 24.8. The molecule has 4 heterocycles. The molecular formula is C52H64N8O14. The number of carbonyl (C=O) groups excluding carboxylic acids is 4. The van der Waals surface area contributed by atoms with E-state index in [1.165, 1.54) is 26.3 Å².